The largest absolute Gasteiger partial charge is 0.469 e. The molecule has 0 spiro atoms. The Kier molecular flexibility index (Phi) is 5.36. The number of carbonyl (C=O) groups excluding carboxylic acids is 1. The minimum atomic E-state index is -0.695. The zero-order valence-corrected chi connectivity index (χ0v) is 14.9. The summed E-state index contributed by atoms with van der Waals surface area (Å²) in [5.74, 6) is -0.426. The van der Waals surface area contributed by atoms with Gasteiger partial charge < -0.3 is 14.3 Å². The zero-order chi connectivity index (χ0) is 18.7. The molecule has 1 amide bonds. The van der Waals surface area contributed by atoms with Crippen LogP contribution in [0.25, 0.3) is 11.4 Å². The first-order chi connectivity index (χ1) is 12.5. The molecule has 3 aromatic rings. The number of benzene rings is 1. The van der Waals surface area contributed by atoms with Crippen LogP contribution in [0.1, 0.15) is 12.7 Å². The standard InChI is InChI=1S/C17H16F2N4O2S/c1-3-23-16(12-6-7-25-10(12)2)21-22-17(23)26-9-15(24)20-14-8-11(18)4-5-13(14)19/h4-8H,3,9H2,1-2H3,(H,20,24). The van der Waals surface area contributed by atoms with Gasteiger partial charge in [-0.15, -0.1) is 10.2 Å². The maximum Gasteiger partial charge on any atom is 0.234 e. The van der Waals surface area contributed by atoms with Gasteiger partial charge in [-0.05, 0) is 32.0 Å². The zero-order valence-electron chi connectivity index (χ0n) is 14.1. The summed E-state index contributed by atoms with van der Waals surface area (Å²) in [6.07, 6.45) is 1.58. The Morgan fingerprint density at radius 1 is 1.31 bits per heavy atom. The molecule has 26 heavy (non-hydrogen) atoms. The Morgan fingerprint density at radius 2 is 2.12 bits per heavy atom. The summed E-state index contributed by atoms with van der Waals surface area (Å²) in [4.78, 5) is 12.0. The van der Waals surface area contributed by atoms with Crippen molar-refractivity contribution in [1.82, 2.24) is 14.8 Å². The number of nitrogens with zero attached hydrogens (tertiary/aromatic N) is 3. The number of hydrogen-bond donors (Lipinski definition) is 1. The van der Waals surface area contributed by atoms with Gasteiger partial charge in [-0.1, -0.05) is 11.8 Å². The van der Waals surface area contributed by atoms with Crippen molar-refractivity contribution in [3.05, 3.63) is 47.9 Å². The van der Waals surface area contributed by atoms with Gasteiger partial charge in [0.15, 0.2) is 11.0 Å². The lowest BCUT2D eigenvalue weighted by Crippen LogP contribution is -2.15. The molecule has 2 heterocycles. The second-order valence-electron chi connectivity index (χ2n) is 5.40. The average molecular weight is 378 g/mol. The van der Waals surface area contributed by atoms with Gasteiger partial charge in [-0.25, -0.2) is 8.78 Å². The molecular weight excluding hydrogens is 362 g/mol. The van der Waals surface area contributed by atoms with Crippen molar-refractivity contribution in [3.8, 4) is 11.4 Å². The number of nitrogens with one attached hydrogen (secondary N) is 1. The maximum absolute atomic E-state index is 13.6. The highest BCUT2D eigenvalue weighted by Gasteiger charge is 2.17. The molecule has 0 atom stereocenters. The van der Waals surface area contributed by atoms with Gasteiger partial charge in [0.2, 0.25) is 5.91 Å². The summed E-state index contributed by atoms with van der Waals surface area (Å²) < 4.78 is 33.9. The van der Waals surface area contributed by atoms with E-state index < -0.39 is 17.5 Å². The van der Waals surface area contributed by atoms with E-state index in [2.05, 4.69) is 15.5 Å². The van der Waals surface area contributed by atoms with E-state index in [0.29, 0.717) is 17.5 Å². The fraction of sp³-hybridized carbons (Fsp3) is 0.235. The fourth-order valence-corrected chi connectivity index (χ4v) is 3.21. The molecule has 0 aliphatic heterocycles. The summed E-state index contributed by atoms with van der Waals surface area (Å²) >= 11 is 1.16. The lowest BCUT2D eigenvalue weighted by atomic mass is 10.2. The molecule has 0 saturated carbocycles. The number of halogens is 2. The molecule has 0 aliphatic rings. The van der Waals surface area contributed by atoms with Gasteiger partial charge in [0.25, 0.3) is 0 Å². The van der Waals surface area contributed by atoms with E-state index in [9.17, 15) is 13.6 Å². The third-order valence-corrected chi connectivity index (χ3v) is 4.63. The summed E-state index contributed by atoms with van der Waals surface area (Å²) in [6.45, 7) is 4.38. The summed E-state index contributed by atoms with van der Waals surface area (Å²) in [5, 5.41) is 11.2. The van der Waals surface area contributed by atoms with Crippen molar-refractivity contribution < 1.29 is 18.0 Å². The van der Waals surface area contributed by atoms with Crippen LogP contribution in [0, 0.1) is 18.6 Å². The Hall–Kier alpha value is -2.68. The van der Waals surface area contributed by atoms with Crippen molar-refractivity contribution in [2.45, 2.75) is 25.5 Å². The molecule has 6 nitrogen and oxygen atoms in total. The SMILES string of the molecule is CCn1c(SCC(=O)Nc2cc(F)ccc2F)nnc1-c1ccoc1C. The number of anilines is 1. The lowest BCUT2D eigenvalue weighted by Gasteiger charge is -2.08. The average Bonchev–Trinajstić information content (AvgIpc) is 3.21. The second kappa shape index (κ2) is 7.69. The topological polar surface area (TPSA) is 73.0 Å². The van der Waals surface area contributed by atoms with Crippen LogP contribution in [-0.4, -0.2) is 26.4 Å². The van der Waals surface area contributed by atoms with Crippen LogP contribution >= 0.6 is 11.8 Å². The molecule has 0 aliphatic carbocycles. The number of aromatic nitrogens is 3. The van der Waals surface area contributed by atoms with E-state index in [0.717, 1.165) is 41.3 Å². The van der Waals surface area contributed by atoms with Gasteiger partial charge in [0.05, 0.1) is 23.3 Å². The molecule has 0 radical (unpaired) electrons. The van der Waals surface area contributed by atoms with Gasteiger partial charge in [0, 0.05) is 12.6 Å². The molecule has 1 aromatic carbocycles. The van der Waals surface area contributed by atoms with Gasteiger partial charge in [-0.3, -0.25) is 4.79 Å². The third-order valence-electron chi connectivity index (χ3n) is 3.67. The minimum Gasteiger partial charge on any atom is -0.469 e. The number of amides is 1. The molecule has 0 fully saturated rings. The van der Waals surface area contributed by atoms with E-state index in [1.165, 1.54) is 0 Å². The molecule has 0 unspecified atom stereocenters. The van der Waals surface area contributed by atoms with Gasteiger partial charge in [0.1, 0.15) is 17.4 Å². The number of rotatable bonds is 6. The quantitative estimate of drug-likeness (QED) is 0.659. The van der Waals surface area contributed by atoms with Crippen molar-refractivity contribution >= 4 is 23.4 Å². The van der Waals surface area contributed by atoms with Crippen LogP contribution in [-0.2, 0) is 11.3 Å². The van der Waals surface area contributed by atoms with Crippen molar-refractivity contribution in [2.75, 3.05) is 11.1 Å². The van der Waals surface area contributed by atoms with Crippen molar-refractivity contribution in [3.63, 3.8) is 0 Å². The van der Waals surface area contributed by atoms with E-state index in [1.807, 2.05) is 18.4 Å². The lowest BCUT2D eigenvalue weighted by molar-refractivity contribution is -0.113. The number of aryl methyl sites for hydroxylation is 1. The van der Waals surface area contributed by atoms with Gasteiger partial charge in [-0.2, -0.15) is 0 Å². The summed E-state index contributed by atoms with van der Waals surface area (Å²) in [6, 6.07) is 4.69. The number of carbonyl (C=O) groups is 1. The highest BCUT2D eigenvalue weighted by atomic mass is 32.2. The van der Waals surface area contributed by atoms with Crippen molar-refractivity contribution in [2.24, 2.45) is 0 Å². The first-order valence-electron chi connectivity index (χ1n) is 7.85. The van der Waals surface area contributed by atoms with E-state index in [4.69, 9.17) is 4.42 Å². The Bertz CT molecular complexity index is 939. The third kappa shape index (κ3) is 3.77. The molecule has 3 rings (SSSR count). The number of thioether (sulfide) groups is 1. The minimum absolute atomic E-state index is 0.0154. The van der Waals surface area contributed by atoms with E-state index in [1.54, 1.807) is 12.3 Å². The molecular formula is C17H16F2N4O2S. The maximum atomic E-state index is 13.6. The Balaban J connectivity index is 1.70. The fourth-order valence-electron chi connectivity index (χ4n) is 2.41. The Morgan fingerprint density at radius 3 is 2.81 bits per heavy atom. The van der Waals surface area contributed by atoms with Crippen LogP contribution in [0.3, 0.4) is 0 Å². The van der Waals surface area contributed by atoms with Gasteiger partial charge >= 0.3 is 0 Å². The van der Waals surface area contributed by atoms with Crippen molar-refractivity contribution in [1.29, 1.82) is 0 Å². The van der Waals surface area contributed by atoms with Crippen LogP contribution in [0.2, 0.25) is 0 Å². The van der Waals surface area contributed by atoms with E-state index in [-0.39, 0.29) is 11.4 Å². The molecule has 0 bridgehead atoms. The van der Waals surface area contributed by atoms with Crippen LogP contribution in [0.15, 0.2) is 40.1 Å². The highest BCUT2D eigenvalue weighted by molar-refractivity contribution is 7.99. The predicted octanol–water partition coefficient (Wildman–Crippen LogP) is 3.88. The highest BCUT2D eigenvalue weighted by Crippen LogP contribution is 2.27. The molecule has 136 valence electrons. The first kappa shape index (κ1) is 18.1. The van der Waals surface area contributed by atoms with Crippen LogP contribution in [0.4, 0.5) is 14.5 Å². The molecule has 1 N–H and O–H groups in total. The second-order valence-corrected chi connectivity index (χ2v) is 6.34. The summed E-state index contributed by atoms with van der Waals surface area (Å²) in [7, 11) is 0. The number of hydrogen-bond acceptors (Lipinski definition) is 5. The predicted molar refractivity (Wildman–Crippen MR) is 93.8 cm³/mol. The van der Waals surface area contributed by atoms with E-state index >= 15 is 0 Å². The molecule has 2 aromatic heterocycles. The molecule has 9 heteroatoms. The normalized spacial score (nSPS) is 10.9. The van der Waals surface area contributed by atoms with Crippen LogP contribution in [0.5, 0.6) is 0 Å². The summed E-state index contributed by atoms with van der Waals surface area (Å²) in [5.41, 5.74) is 0.639. The number of furan rings is 1. The van der Waals surface area contributed by atoms with Crippen LogP contribution < -0.4 is 5.32 Å². The Labute approximate surface area is 152 Å². The smallest absolute Gasteiger partial charge is 0.234 e. The first-order valence-corrected chi connectivity index (χ1v) is 8.83. The monoisotopic (exact) mass is 378 g/mol. The molecule has 0 saturated heterocycles.